The molecule has 4 rings (SSSR count). The number of ether oxygens (including phenoxy) is 1. The predicted molar refractivity (Wildman–Crippen MR) is 101 cm³/mol. The van der Waals surface area contributed by atoms with Crippen LogP contribution < -0.4 is 10.2 Å². The molecule has 7 heteroatoms. The first-order valence-electron chi connectivity index (χ1n) is 8.97. The average molecular weight is 353 g/mol. The summed E-state index contributed by atoms with van der Waals surface area (Å²) in [6.07, 6.45) is 1.09. The predicted octanol–water partition coefficient (Wildman–Crippen LogP) is 1.85. The fourth-order valence-electron chi connectivity index (χ4n) is 3.28. The Morgan fingerprint density at radius 2 is 2.08 bits per heavy atom. The molecule has 0 amide bonds. The number of hydrogen-bond donors (Lipinski definition) is 2. The van der Waals surface area contributed by atoms with E-state index in [0.29, 0.717) is 31.9 Å². The van der Waals surface area contributed by atoms with Crippen molar-refractivity contribution >= 4 is 23.0 Å². The molecule has 2 N–H and O–H groups in total. The molecule has 0 saturated carbocycles. The molecule has 1 saturated heterocycles. The zero-order chi connectivity index (χ0) is 17.9. The number of nitrogens with zero attached hydrogens (tertiary/aromatic N) is 4. The summed E-state index contributed by atoms with van der Waals surface area (Å²) >= 11 is 0. The van der Waals surface area contributed by atoms with Crippen molar-refractivity contribution in [2.75, 3.05) is 43.1 Å². The van der Waals surface area contributed by atoms with Gasteiger partial charge in [0.25, 0.3) is 0 Å². The maximum absolute atomic E-state index is 9.29. The van der Waals surface area contributed by atoms with Gasteiger partial charge in [0.05, 0.1) is 31.9 Å². The summed E-state index contributed by atoms with van der Waals surface area (Å²) in [5.74, 6) is 2.39. The highest BCUT2D eigenvalue weighted by molar-refractivity contribution is 6.03. The molecule has 7 nitrogen and oxygen atoms in total. The number of aromatic nitrogens is 2. The van der Waals surface area contributed by atoms with Gasteiger partial charge in [-0.25, -0.2) is 15.0 Å². The number of aliphatic imine (C=N–C) groups is 1. The first kappa shape index (κ1) is 16.9. The van der Waals surface area contributed by atoms with E-state index in [1.54, 1.807) is 0 Å². The number of anilines is 2. The quantitative estimate of drug-likeness (QED) is 0.873. The van der Waals surface area contributed by atoms with Gasteiger partial charge in [0.2, 0.25) is 0 Å². The molecule has 2 aliphatic rings. The Balaban J connectivity index is 1.64. The van der Waals surface area contributed by atoms with Gasteiger partial charge in [-0.05, 0) is 24.6 Å². The second kappa shape index (κ2) is 7.39. The molecule has 2 aliphatic heterocycles. The van der Waals surface area contributed by atoms with Crippen molar-refractivity contribution in [1.82, 2.24) is 9.97 Å². The van der Waals surface area contributed by atoms with Crippen molar-refractivity contribution in [1.29, 1.82) is 0 Å². The number of aryl methyl sites for hydroxylation is 1. The Morgan fingerprint density at radius 1 is 1.23 bits per heavy atom. The van der Waals surface area contributed by atoms with Crippen molar-refractivity contribution in [2.45, 2.75) is 19.8 Å². The summed E-state index contributed by atoms with van der Waals surface area (Å²) in [7, 11) is 0. The van der Waals surface area contributed by atoms with Crippen LogP contribution in [-0.2, 0) is 17.6 Å². The highest BCUT2D eigenvalue weighted by Crippen LogP contribution is 2.35. The second-order valence-electron chi connectivity index (χ2n) is 6.56. The zero-order valence-corrected chi connectivity index (χ0v) is 14.9. The summed E-state index contributed by atoms with van der Waals surface area (Å²) in [6, 6.07) is 8.22. The number of nitrogens with one attached hydrogen (secondary N) is 1. The Morgan fingerprint density at radius 3 is 2.85 bits per heavy atom. The summed E-state index contributed by atoms with van der Waals surface area (Å²) < 4.78 is 5.46. The topological polar surface area (TPSA) is 82.9 Å². The van der Waals surface area contributed by atoms with E-state index < -0.39 is 0 Å². The van der Waals surface area contributed by atoms with Crippen LogP contribution in [0.3, 0.4) is 0 Å². The zero-order valence-electron chi connectivity index (χ0n) is 14.9. The minimum atomic E-state index is 0.0383. The molecule has 1 fully saturated rings. The molecule has 136 valence electrons. The van der Waals surface area contributed by atoms with E-state index in [0.717, 1.165) is 41.8 Å². The lowest BCUT2D eigenvalue weighted by molar-refractivity contribution is 0.122. The van der Waals surface area contributed by atoms with E-state index in [-0.39, 0.29) is 6.61 Å². The minimum absolute atomic E-state index is 0.0383. The summed E-state index contributed by atoms with van der Waals surface area (Å²) in [6.45, 7) is 5.06. The van der Waals surface area contributed by atoms with Crippen LogP contribution in [0.15, 0.2) is 29.3 Å². The molecule has 0 bridgehead atoms. The standard InChI is InChI=1S/C19H23N5O2/c1-13-3-2-4-14(11-13)20-17-12-15-18(22-17)19(23-16(21-15)5-8-25)24-6-9-26-10-7-24/h2-4,11,25H,5-10,12H2,1H3,(H,20,22). The molecule has 26 heavy (non-hydrogen) atoms. The second-order valence-corrected chi connectivity index (χ2v) is 6.56. The maximum atomic E-state index is 9.29. The SMILES string of the molecule is Cc1cccc(NC2=Nc3c(nc(CCO)nc3N3CCOCC3)C2)c1. The van der Waals surface area contributed by atoms with Crippen LogP contribution in [0.4, 0.5) is 17.2 Å². The van der Waals surface area contributed by atoms with Gasteiger partial charge >= 0.3 is 0 Å². The summed E-state index contributed by atoms with van der Waals surface area (Å²) in [5.41, 5.74) is 3.97. The van der Waals surface area contributed by atoms with Crippen LogP contribution in [0.1, 0.15) is 17.1 Å². The van der Waals surface area contributed by atoms with Crippen LogP contribution in [0.2, 0.25) is 0 Å². The van der Waals surface area contributed by atoms with Crippen LogP contribution >= 0.6 is 0 Å². The van der Waals surface area contributed by atoms with Crippen LogP contribution in [0.5, 0.6) is 0 Å². The van der Waals surface area contributed by atoms with Gasteiger partial charge in [-0.15, -0.1) is 0 Å². The number of hydrogen-bond acceptors (Lipinski definition) is 7. The summed E-state index contributed by atoms with van der Waals surface area (Å²) in [4.78, 5) is 16.3. The molecule has 0 atom stereocenters. The van der Waals surface area contributed by atoms with E-state index in [1.165, 1.54) is 5.56 Å². The van der Waals surface area contributed by atoms with E-state index in [4.69, 9.17) is 9.73 Å². The maximum Gasteiger partial charge on any atom is 0.158 e. The molecule has 3 heterocycles. The Kier molecular flexibility index (Phi) is 4.81. The lowest BCUT2D eigenvalue weighted by Crippen LogP contribution is -2.37. The number of morpholine rings is 1. The summed E-state index contributed by atoms with van der Waals surface area (Å²) in [5, 5.41) is 12.7. The van der Waals surface area contributed by atoms with Crippen LogP contribution in [0.25, 0.3) is 0 Å². The molecule has 0 unspecified atom stereocenters. The fraction of sp³-hybridized carbons (Fsp3) is 0.421. The van der Waals surface area contributed by atoms with Crippen molar-refractivity contribution in [3.8, 4) is 0 Å². The van der Waals surface area contributed by atoms with E-state index in [9.17, 15) is 5.11 Å². The highest BCUT2D eigenvalue weighted by atomic mass is 16.5. The minimum Gasteiger partial charge on any atom is -0.396 e. The smallest absolute Gasteiger partial charge is 0.158 e. The first-order chi connectivity index (χ1) is 12.7. The number of amidine groups is 1. The first-order valence-corrected chi connectivity index (χ1v) is 8.97. The molecule has 0 aliphatic carbocycles. The molecule has 2 aromatic rings. The van der Waals surface area contributed by atoms with E-state index in [2.05, 4.69) is 39.2 Å². The van der Waals surface area contributed by atoms with Gasteiger partial charge in [-0.2, -0.15) is 0 Å². The van der Waals surface area contributed by atoms with Crippen molar-refractivity contribution in [2.24, 2.45) is 4.99 Å². The Hall–Kier alpha value is -2.51. The third-order valence-corrected chi connectivity index (χ3v) is 4.52. The van der Waals surface area contributed by atoms with Crippen molar-refractivity contribution < 1.29 is 9.84 Å². The Bertz CT molecular complexity index is 831. The average Bonchev–Trinajstić information content (AvgIpc) is 3.04. The largest absolute Gasteiger partial charge is 0.396 e. The van der Waals surface area contributed by atoms with Crippen molar-refractivity contribution in [3.63, 3.8) is 0 Å². The number of aliphatic hydroxyl groups is 1. The van der Waals surface area contributed by atoms with E-state index >= 15 is 0 Å². The van der Waals surface area contributed by atoms with Gasteiger partial charge in [0.1, 0.15) is 17.3 Å². The van der Waals surface area contributed by atoms with Gasteiger partial charge in [-0.1, -0.05) is 12.1 Å². The number of aliphatic hydroxyl groups excluding tert-OH is 1. The number of rotatable bonds is 4. The van der Waals surface area contributed by atoms with Gasteiger partial charge in [0.15, 0.2) is 5.82 Å². The Labute approximate surface area is 152 Å². The normalized spacial score (nSPS) is 16.4. The third kappa shape index (κ3) is 3.54. The molecule has 0 radical (unpaired) electrons. The molecule has 1 aromatic heterocycles. The monoisotopic (exact) mass is 353 g/mol. The third-order valence-electron chi connectivity index (χ3n) is 4.52. The van der Waals surface area contributed by atoms with Crippen molar-refractivity contribution in [3.05, 3.63) is 41.3 Å². The highest BCUT2D eigenvalue weighted by Gasteiger charge is 2.26. The van der Waals surface area contributed by atoms with Gasteiger partial charge in [-0.3, -0.25) is 0 Å². The molecule has 1 aromatic carbocycles. The molecular weight excluding hydrogens is 330 g/mol. The lowest BCUT2D eigenvalue weighted by atomic mass is 10.2. The number of benzene rings is 1. The molecular formula is C19H23N5O2. The van der Waals surface area contributed by atoms with Gasteiger partial charge in [0, 0.05) is 25.2 Å². The van der Waals surface area contributed by atoms with Crippen LogP contribution in [-0.4, -0.2) is 53.8 Å². The molecule has 0 spiro atoms. The number of fused-ring (bicyclic) bond motifs is 1. The van der Waals surface area contributed by atoms with E-state index in [1.807, 2.05) is 12.1 Å². The lowest BCUT2D eigenvalue weighted by Gasteiger charge is -2.28. The van der Waals surface area contributed by atoms with Gasteiger partial charge < -0.3 is 20.1 Å². The fourth-order valence-corrected chi connectivity index (χ4v) is 3.28. The van der Waals surface area contributed by atoms with Crippen LogP contribution in [0, 0.1) is 6.92 Å².